The van der Waals surface area contributed by atoms with Gasteiger partial charge in [-0.2, -0.15) is 0 Å². The number of nitrogens with one attached hydrogen (secondary N) is 2. The van der Waals surface area contributed by atoms with Crippen LogP contribution in [-0.2, 0) is 16.6 Å². The molecule has 0 aliphatic carbocycles. The lowest BCUT2D eigenvalue weighted by Crippen LogP contribution is -2.49. The van der Waals surface area contributed by atoms with E-state index in [-0.39, 0.29) is 24.0 Å². The molecule has 1 heterocycles. The fourth-order valence-corrected chi connectivity index (χ4v) is 4.92. The minimum absolute atomic E-state index is 0. The highest BCUT2D eigenvalue weighted by Gasteiger charge is 2.24. The first kappa shape index (κ1) is 25.8. The molecule has 0 amide bonds. The van der Waals surface area contributed by atoms with Crippen molar-refractivity contribution in [3.05, 3.63) is 71.8 Å². The molecular weight excluding hydrogens is 519 g/mol. The fourth-order valence-electron chi connectivity index (χ4n) is 3.88. The van der Waals surface area contributed by atoms with Gasteiger partial charge in [-0.05, 0) is 30.9 Å². The Morgan fingerprint density at radius 1 is 1.10 bits per heavy atom. The van der Waals surface area contributed by atoms with Gasteiger partial charge in [0.1, 0.15) is 0 Å². The Kier molecular flexibility index (Phi) is 11.5. The number of guanidine groups is 1. The van der Waals surface area contributed by atoms with E-state index in [0.29, 0.717) is 30.1 Å². The van der Waals surface area contributed by atoms with Gasteiger partial charge in [0.25, 0.3) is 0 Å². The van der Waals surface area contributed by atoms with Crippen molar-refractivity contribution in [2.75, 3.05) is 32.4 Å². The highest BCUT2D eigenvalue weighted by atomic mass is 127. The van der Waals surface area contributed by atoms with Crippen molar-refractivity contribution in [3.8, 4) is 0 Å². The number of nitrogens with zero attached hydrogens (tertiary/aromatic N) is 2. The average Bonchev–Trinajstić information content (AvgIpc) is 2.79. The maximum absolute atomic E-state index is 12.3. The Hall–Kier alpha value is -1.45. The molecule has 1 fully saturated rings. The van der Waals surface area contributed by atoms with Gasteiger partial charge in [0.15, 0.2) is 5.96 Å². The van der Waals surface area contributed by atoms with Crippen LogP contribution in [0.3, 0.4) is 0 Å². The fraction of sp³-hybridized carbons (Fsp3) is 0.458. The molecule has 0 spiro atoms. The van der Waals surface area contributed by atoms with Crippen LogP contribution in [0.5, 0.6) is 0 Å². The van der Waals surface area contributed by atoms with E-state index in [1.54, 1.807) is 7.05 Å². The highest BCUT2D eigenvalue weighted by Crippen LogP contribution is 2.23. The van der Waals surface area contributed by atoms with Gasteiger partial charge in [0.05, 0.1) is 0 Å². The second-order valence-corrected chi connectivity index (χ2v) is 9.39. The normalized spacial score (nSPS) is 17.4. The summed E-state index contributed by atoms with van der Waals surface area (Å²) in [5.74, 6) is 2.02. The highest BCUT2D eigenvalue weighted by molar-refractivity contribution is 14.0. The maximum atomic E-state index is 12.3. The van der Waals surface area contributed by atoms with Crippen molar-refractivity contribution in [2.45, 2.75) is 37.6 Å². The van der Waals surface area contributed by atoms with Crippen molar-refractivity contribution in [1.82, 2.24) is 15.5 Å². The third kappa shape index (κ3) is 8.54. The number of benzene rings is 2. The van der Waals surface area contributed by atoms with E-state index in [9.17, 15) is 4.21 Å². The summed E-state index contributed by atoms with van der Waals surface area (Å²) in [5.41, 5.74) is 2.50. The van der Waals surface area contributed by atoms with Crippen molar-refractivity contribution in [3.63, 3.8) is 0 Å². The Bertz CT molecular complexity index is 811. The average molecular weight is 555 g/mol. The first-order chi connectivity index (χ1) is 14.7. The summed E-state index contributed by atoms with van der Waals surface area (Å²) >= 11 is 0. The molecule has 1 aliphatic heterocycles. The van der Waals surface area contributed by atoms with Crippen LogP contribution < -0.4 is 10.6 Å². The van der Waals surface area contributed by atoms with Gasteiger partial charge in [-0.3, -0.25) is 14.1 Å². The molecule has 2 unspecified atom stereocenters. The molecule has 0 aromatic heterocycles. The van der Waals surface area contributed by atoms with Crippen LogP contribution in [0.15, 0.2) is 65.7 Å². The molecule has 0 saturated carbocycles. The second-order valence-electron chi connectivity index (χ2n) is 7.81. The van der Waals surface area contributed by atoms with Gasteiger partial charge in [0, 0.05) is 61.1 Å². The van der Waals surface area contributed by atoms with Crippen LogP contribution in [0.25, 0.3) is 0 Å². The number of hydrogen-bond donors (Lipinski definition) is 2. The van der Waals surface area contributed by atoms with Crippen LogP contribution in [0.2, 0.25) is 0 Å². The lowest BCUT2D eigenvalue weighted by molar-refractivity contribution is 0.158. The third-order valence-electron chi connectivity index (χ3n) is 5.72. The van der Waals surface area contributed by atoms with Crippen LogP contribution >= 0.6 is 24.0 Å². The van der Waals surface area contributed by atoms with E-state index in [4.69, 9.17) is 0 Å². The summed E-state index contributed by atoms with van der Waals surface area (Å²) in [6.07, 6.45) is 2.19. The topological polar surface area (TPSA) is 56.7 Å². The lowest BCUT2D eigenvalue weighted by atomic mass is 10.0. The quantitative estimate of drug-likeness (QED) is 0.295. The van der Waals surface area contributed by atoms with Crippen molar-refractivity contribution >= 4 is 40.7 Å². The minimum Gasteiger partial charge on any atom is -0.355 e. The van der Waals surface area contributed by atoms with Crippen LogP contribution in [0.4, 0.5) is 0 Å². The van der Waals surface area contributed by atoms with Crippen molar-refractivity contribution in [1.29, 1.82) is 0 Å². The largest absolute Gasteiger partial charge is 0.355 e. The number of rotatable bonds is 8. The maximum Gasteiger partial charge on any atom is 0.191 e. The first-order valence-electron chi connectivity index (χ1n) is 10.8. The molecule has 1 aliphatic rings. The summed E-state index contributed by atoms with van der Waals surface area (Å²) in [5, 5.41) is 6.87. The zero-order chi connectivity index (χ0) is 21.2. The Morgan fingerprint density at radius 3 is 2.32 bits per heavy atom. The van der Waals surface area contributed by atoms with Crippen molar-refractivity contribution < 1.29 is 4.21 Å². The number of hydrogen-bond acceptors (Lipinski definition) is 3. The molecule has 170 valence electrons. The summed E-state index contributed by atoms with van der Waals surface area (Å²) in [6.45, 7) is 5.10. The predicted molar refractivity (Wildman–Crippen MR) is 143 cm³/mol. The van der Waals surface area contributed by atoms with Gasteiger partial charge < -0.3 is 10.6 Å². The van der Waals surface area contributed by atoms with Crippen LogP contribution in [-0.4, -0.2) is 53.5 Å². The van der Waals surface area contributed by atoms with Gasteiger partial charge in [0.2, 0.25) is 0 Å². The van der Waals surface area contributed by atoms with Gasteiger partial charge >= 0.3 is 0 Å². The monoisotopic (exact) mass is 554 g/mol. The molecule has 2 aromatic rings. The zero-order valence-electron chi connectivity index (χ0n) is 18.5. The molecule has 5 nitrogen and oxygen atoms in total. The molecule has 2 aromatic carbocycles. The molecule has 2 N–H and O–H groups in total. The van der Waals surface area contributed by atoms with Crippen molar-refractivity contribution in [2.24, 2.45) is 4.99 Å². The number of likely N-dealkylation sites (tertiary alicyclic amines) is 1. The Balaban J connectivity index is 0.00000341. The smallest absolute Gasteiger partial charge is 0.191 e. The number of aliphatic imine (C=N–C) groups is 1. The predicted octanol–water partition coefficient (Wildman–Crippen LogP) is 3.94. The van der Waals surface area contributed by atoms with E-state index >= 15 is 0 Å². The molecular formula is C24H35IN4OS. The van der Waals surface area contributed by atoms with Crippen LogP contribution in [0, 0.1) is 0 Å². The van der Waals surface area contributed by atoms with E-state index in [1.807, 2.05) is 30.3 Å². The summed E-state index contributed by atoms with van der Waals surface area (Å²) in [7, 11) is 0.918. The molecule has 31 heavy (non-hydrogen) atoms. The van der Waals surface area contributed by atoms with Crippen LogP contribution in [0.1, 0.15) is 36.9 Å². The van der Waals surface area contributed by atoms with E-state index in [0.717, 1.165) is 37.5 Å². The Morgan fingerprint density at radius 2 is 1.71 bits per heavy atom. The summed E-state index contributed by atoms with van der Waals surface area (Å²) in [6, 6.07) is 21.6. The molecule has 7 heteroatoms. The van der Waals surface area contributed by atoms with Gasteiger partial charge in [-0.15, -0.1) is 24.0 Å². The molecule has 2 atom stereocenters. The zero-order valence-corrected chi connectivity index (χ0v) is 21.6. The lowest BCUT2D eigenvalue weighted by Gasteiger charge is -2.37. The van der Waals surface area contributed by atoms with E-state index in [2.05, 4.69) is 57.8 Å². The molecule has 3 rings (SSSR count). The molecule has 0 radical (unpaired) electrons. The van der Waals surface area contributed by atoms with E-state index in [1.165, 1.54) is 5.56 Å². The first-order valence-corrected chi connectivity index (χ1v) is 12.3. The van der Waals surface area contributed by atoms with Gasteiger partial charge in [-0.1, -0.05) is 60.7 Å². The van der Waals surface area contributed by atoms with E-state index < -0.39 is 10.8 Å². The Labute approximate surface area is 206 Å². The number of halogens is 1. The second kappa shape index (κ2) is 13.9. The molecule has 1 saturated heterocycles. The summed E-state index contributed by atoms with van der Waals surface area (Å²) < 4.78 is 12.3. The summed E-state index contributed by atoms with van der Waals surface area (Å²) in [4.78, 5) is 6.90. The van der Waals surface area contributed by atoms with Gasteiger partial charge in [-0.25, -0.2) is 0 Å². The SMILES string of the molecule is CN=C(NCCS(=O)Cc1ccccc1)NC1CCN(C(C)c2ccccc2)CC1.I. The third-order valence-corrected chi connectivity index (χ3v) is 7.03. The standard InChI is InChI=1S/C24H34N4OS.HI/c1-20(22-11-7-4-8-12-22)28-16-13-23(14-17-28)27-24(25-2)26-15-18-30(29)19-21-9-5-3-6-10-21;/h3-12,20,23H,13-19H2,1-2H3,(H2,25,26,27);1H. The number of piperidine rings is 1. The molecule has 0 bridgehead atoms. The minimum atomic E-state index is -0.876.